The number of nitrogens with zero attached hydrogens (tertiary/aromatic N) is 1. The zero-order valence-corrected chi connectivity index (χ0v) is 51.0. The third-order valence-electron chi connectivity index (χ3n) is 13.1. The second kappa shape index (κ2) is 57.3. The molecule has 3 atom stereocenters. The lowest BCUT2D eigenvalue weighted by atomic mass is 10.0. The summed E-state index contributed by atoms with van der Waals surface area (Å²) in [6, 6.07) is -0.930. The average Bonchev–Trinajstić information content (AvgIpc) is 3.39. The van der Waals surface area contributed by atoms with Crippen LogP contribution >= 0.6 is 7.82 Å². The van der Waals surface area contributed by atoms with Crippen LogP contribution in [0.4, 0.5) is 0 Å². The molecule has 0 saturated heterocycles. The first-order valence-corrected chi connectivity index (χ1v) is 32.5. The van der Waals surface area contributed by atoms with E-state index in [1.54, 1.807) is 6.08 Å². The molecular weight excluding hydrogens is 972 g/mol. The summed E-state index contributed by atoms with van der Waals surface area (Å²) in [6.07, 6.45) is 86.8. The molecule has 0 spiro atoms. The highest BCUT2D eigenvalue weighted by Crippen LogP contribution is 2.38. The summed E-state index contributed by atoms with van der Waals surface area (Å²) in [5.41, 5.74) is 0. The summed E-state index contributed by atoms with van der Waals surface area (Å²) in [5, 5.41) is 13.9. The number of allylic oxidation sites excluding steroid dienone is 21. The summed E-state index contributed by atoms with van der Waals surface area (Å²) >= 11 is 0. The normalized spacial score (nSPS) is 14.7. The van der Waals surface area contributed by atoms with Gasteiger partial charge in [-0.1, -0.05) is 257 Å². The molecule has 0 aromatic carbocycles. The molecule has 8 nitrogen and oxygen atoms in total. The first-order chi connectivity index (χ1) is 37.5. The maximum Gasteiger partial charge on any atom is 0.268 e. The number of rotatable bonds is 55. The standard InChI is InChI=1S/C68H117N2O6P/c1-6-8-10-12-14-16-18-20-22-24-26-28-30-32-33-34-35-36-37-38-40-42-44-46-48-50-52-54-56-58-60-62-68(72)69-66(65-76-77(73,74)75-64-63-70(3,4)5)67(71)61-59-57-55-53-51-49-47-45-43-41-39-31-29-27-25-23-21-19-17-15-13-11-9-7-2/h8,10,14,16,20,22,26,28,32-33,35-36,38,40,43-46,51,53,59,61,66-67,71H,6-7,9,11-13,15,17-19,21,23-25,27,29-31,34,37,39,41-42,47-50,52,54-58,60,62-65H2,1-5H3,(H-,69,72,73,74)/b10-8-,16-14-,22-20-,28-26-,33-32-,36-35-,40-38-,45-43+,46-44-,53-51+,61-59+. The number of hydrogen-bond donors (Lipinski definition) is 2. The highest BCUT2D eigenvalue weighted by Gasteiger charge is 2.23. The van der Waals surface area contributed by atoms with E-state index in [9.17, 15) is 19.4 Å². The number of carbonyl (C=O) groups is 1. The van der Waals surface area contributed by atoms with Crippen molar-refractivity contribution in [1.29, 1.82) is 0 Å². The van der Waals surface area contributed by atoms with Gasteiger partial charge in [0.05, 0.1) is 39.9 Å². The Bertz CT molecular complexity index is 1710. The van der Waals surface area contributed by atoms with Gasteiger partial charge in [0.1, 0.15) is 13.2 Å². The van der Waals surface area contributed by atoms with Crippen molar-refractivity contribution >= 4 is 13.7 Å². The molecule has 0 radical (unpaired) electrons. The van der Waals surface area contributed by atoms with Crippen molar-refractivity contribution in [3.63, 3.8) is 0 Å². The predicted octanol–water partition coefficient (Wildman–Crippen LogP) is 18.9. The van der Waals surface area contributed by atoms with Gasteiger partial charge < -0.3 is 28.8 Å². The highest BCUT2D eigenvalue weighted by atomic mass is 31.2. The molecule has 0 bridgehead atoms. The van der Waals surface area contributed by atoms with Gasteiger partial charge >= 0.3 is 0 Å². The average molecular weight is 1090 g/mol. The lowest BCUT2D eigenvalue weighted by Crippen LogP contribution is -2.45. The third kappa shape index (κ3) is 60.1. The summed E-state index contributed by atoms with van der Waals surface area (Å²) in [4.78, 5) is 25.5. The predicted molar refractivity (Wildman–Crippen MR) is 334 cm³/mol. The zero-order valence-electron chi connectivity index (χ0n) is 50.1. The summed E-state index contributed by atoms with van der Waals surface area (Å²) in [5.74, 6) is -0.231. The van der Waals surface area contributed by atoms with Crippen LogP contribution in [-0.4, -0.2) is 68.5 Å². The molecule has 0 rings (SSSR count). The number of phosphoric acid groups is 1. The molecule has 1 amide bonds. The van der Waals surface area contributed by atoms with Crippen molar-refractivity contribution in [2.45, 2.75) is 251 Å². The van der Waals surface area contributed by atoms with Gasteiger partial charge in [0, 0.05) is 6.42 Å². The molecule has 77 heavy (non-hydrogen) atoms. The Morgan fingerprint density at radius 1 is 0.468 bits per heavy atom. The smallest absolute Gasteiger partial charge is 0.268 e. The number of unbranched alkanes of at least 4 members (excludes halogenated alkanes) is 22. The van der Waals surface area contributed by atoms with Gasteiger partial charge in [0.25, 0.3) is 7.82 Å². The fourth-order valence-electron chi connectivity index (χ4n) is 8.26. The molecule has 0 aliphatic carbocycles. The topological polar surface area (TPSA) is 108 Å². The molecule has 2 N–H and O–H groups in total. The summed E-state index contributed by atoms with van der Waals surface area (Å²) in [6.45, 7) is 4.49. The quantitative estimate of drug-likeness (QED) is 0.0272. The lowest BCUT2D eigenvalue weighted by Gasteiger charge is -2.29. The molecule has 0 aromatic rings. The number of hydrogen-bond acceptors (Lipinski definition) is 6. The van der Waals surface area contributed by atoms with Gasteiger partial charge in [-0.3, -0.25) is 9.36 Å². The second-order valence-electron chi connectivity index (χ2n) is 21.7. The van der Waals surface area contributed by atoms with Crippen molar-refractivity contribution in [2.24, 2.45) is 0 Å². The molecule has 0 aliphatic rings. The molecule has 0 aromatic heterocycles. The first kappa shape index (κ1) is 73.6. The molecule has 0 saturated carbocycles. The van der Waals surface area contributed by atoms with Gasteiger partial charge in [0.15, 0.2) is 0 Å². The molecule has 0 heterocycles. The van der Waals surface area contributed by atoms with Crippen LogP contribution in [0.15, 0.2) is 134 Å². The zero-order chi connectivity index (χ0) is 56.3. The summed E-state index contributed by atoms with van der Waals surface area (Å²) < 4.78 is 23.4. The Balaban J connectivity index is 4.32. The Labute approximate surface area is 475 Å². The van der Waals surface area contributed by atoms with E-state index in [-0.39, 0.29) is 12.5 Å². The van der Waals surface area contributed by atoms with Crippen molar-refractivity contribution in [3.8, 4) is 0 Å². The van der Waals surface area contributed by atoms with E-state index < -0.39 is 26.6 Å². The van der Waals surface area contributed by atoms with Crippen LogP contribution in [0.25, 0.3) is 0 Å². The third-order valence-corrected chi connectivity index (χ3v) is 14.0. The minimum Gasteiger partial charge on any atom is -0.756 e. The van der Waals surface area contributed by atoms with E-state index in [1.807, 2.05) is 27.2 Å². The number of aliphatic hydroxyl groups is 1. The Morgan fingerprint density at radius 2 is 0.805 bits per heavy atom. The Morgan fingerprint density at radius 3 is 1.21 bits per heavy atom. The maximum absolute atomic E-state index is 13.0. The van der Waals surface area contributed by atoms with Gasteiger partial charge in [-0.25, -0.2) is 0 Å². The number of aliphatic hydroxyl groups excluding tert-OH is 1. The molecule has 9 heteroatoms. The molecule has 3 unspecified atom stereocenters. The van der Waals surface area contributed by atoms with E-state index in [0.29, 0.717) is 17.4 Å². The lowest BCUT2D eigenvalue weighted by molar-refractivity contribution is -0.870. The van der Waals surface area contributed by atoms with Crippen LogP contribution in [0.1, 0.15) is 239 Å². The summed E-state index contributed by atoms with van der Waals surface area (Å²) in [7, 11) is 1.21. The number of quaternary nitrogens is 1. The van der Waals surface area contributed by atoms with E-state index in [2.05, 4.69) is 141 Å². The largest absolute Gasteiger partial charge is 0.756 e. The minimum absolute atomic E-state index is 0.0196. The SMILES string of the molecule is CC/C=C\C/C=C\C/C=C\C/C=C\C/C=C\C/C=C\C/C=C\C/C=C\CCCCCCCCC(=O)NC(COP(=O)([O-])OCC[N+](C)(C)C)C(O)/C=C/CC/C=C/CC/C=C/CCCCCCCCCCCCCCCC. The van der Waals surface area contributed by atoms with E-state index >= 15 is 0 Å². The highest BCUT2D eigenvalue weighted by molar-refractivity contribution is 7.45. The first-order valence-electron chi connectivity index (χ1n) is 31.0. The van der Waals surface area contributed by atoms with Gasteiger partial charge in [-0.05, 0) is 109 Å². The van der Waals surface area contributed by atoms with Gasteiger partial charge in [-0.2, -0.15) is 0 Å². The maximum atomic E-state index is 13.0. The number of carbonyl (C=O) groups excluding carboxylic acids is 1. The Kier molecular flexibility index (Phi) is 54.8. The van der Waals surface area contributed by atoms with E-state index in [0.717, 1.165) is 122 Å². The monoisotopic (exact) mass is 1090 g/mol. The van der Waals surface area contributed by atoms with E-state index in [4.69, 9.17) is 9.05 Å². The number of nitrogens with one attached hydrogen (secondary N) is 1. The van der Waals surface area contributed by atoms with Gasteiger partial charge in [-0.15, -0.1) is 0 Å². The van der Waals surface area contributed by atoms with Crippen LogP contribution in [0.5, 0.6) is 0 Å². The molecule has 440 valence electrons. The van der Waals surface area contributed by atoms with Crippen molar-refractivity contribution in [2.75, 3.05) is 40.9 Å². The van der Waals surface area contributed by atoms with Crippen LogP contribution in [-0.2, 0) is 18.4 Å². The number of likely N-dealkylation sites (N-methyl/N-ethyl adjacent to an activating group) is 1. The molecule has 0 fully saturated rings. The van der Waals surface area contributed by atoms with Crippen LogP contribution in [0.2, 0.25) is 0 Å². The van der Waals surface area contributed by atoms with Crippen LogP contribution in [0.3, 0.4) is 0 Å². The van der Waals surface area contributed by atoms with E-state index in [1.165, 1.54) is 96.3 Å². The van der Waals surface area contributed by atoms with Crippen molar-refractivity contribution < 1.29 is 32.9 Å². The van der Waals surface area contributed by atoms with Crippen LogP contribution in [0, 0.1) is 0 Å². The molecular formula is C68H117N2O6P. The number of phosphoric ester groups is 1. The fraction of sp³-hybridized carbons (Fsp3) is 0.662. The van der Waals surface area contributed by atoms with Crippen LogP contribution < -0.4 is 10.2 Å². The minimum atomic E-state index is -4.63. The van der Waals surface area contributed by atoms with Crippen molar-refractivity contribution in [1.82, 2.24) is 5.32 Å². The fourth-order valence-corrected chi connectivity index (χ4v) is 8.98. The van der Waals surface area contributed by atoms with Gasteiger partial charge in [0.2, 0.25) is 5.91 Å². The Hall–Kier alpha value is -3.36. The van der Waals surface area contributed by atoms with Crippen molar-refractivity contribution in [3.05, 3.63) is 134 Å². The second-order valence-corrected chi connectivity index (χ2v) is 23.1. The number of amides is 1. The molecule has 0 aliphatic heterocycles.